The number of anilines is 1. The normalized spacial score (nSPS) is 10.9. The molecule has 4 rings (SSSR count). The standard InChI is InChI=1S/C21H14ClF4N5O2/c22-12-1-3-13(4-2-12)33-11-31-17(5-7-27-31)21(32)28-18-6-8-30(29-18)10-14-19(25)15(23)9-16(24)20(14)26/h1-9H,10-11H2,(H,28,29,32). The second-order valence-corrected chi connectivity index (χ2v) is 7.18. The number of nitrogens with zero attached hydrogens (tertiary/aromatic N) is 4. The van der Waals surface area contributed by atoms with Crippen molar-refractivity contribution in [2.75, 3.05) is 5.32 Å². The summed E-state index contributed by atoms with van der Waals surface area (Å²) in [5.74, 6) is -6.07. The topological polar surface area (TPSA) is 74.0 Å². The number of hydrogen-bond acceptors (Lipinski definition) is 4. The molecule has 0 spiro atoms. The number of amides is 1. The van der Waals surface area contributed by atoms with E-state index in [1.54, 1.807) is 24.3 Å². The van der Waals surface area contributed by atoms with Gasteiger partial charge >= 0.3 is 0 Å². The average molecular weight is 480 g/mol. The molecule has 0 radical (unpaired) electrons. The number of carbonyl (C=O) groups excluding carboxylic acids is 1. The molecule has 2 aromatic heterocycles. The molecule has 1 N–H and O–H groups in total. The maximum atomic E-state index is 13.9. The van der Waals surface area contributed by atoms with E-state index in [0.717, 1.165) is 4.68 Å². The average Bonchev–Trinajstić information content (AvgIpc) is 3.44. The molecule has 0 aliphatic rings. The van der Waals surface area contributed by atoms with Crippen molar-refractivity contribution in [2.24, 2.45) is 0 Å². The van der Waals surface area contributed by atoms with Gasteiger partial charge in [-0.1, -0.05) is 11.6 Å². The van der Waals surface area contributed by atoms with Crippen LogP contribution in [0.15, 0.2) is 54.9 Å². The molecular formula is C21H14ClF4N5O2. The molecule has 0 aliphatic heterocycles. The molecule has 0 unspecified atom stereocenters. The van der Waals surface area contributed by atoms with Crippen molar-refractivity contribution in [1.29, 1.82) is 0 Å². The fraction of sp³-hybridized carbons (Fsp3) is 0.0952. The van der Waals surface area contributed by atoms with E-state index < -0.39 is 41.3 Å². The Morgan fingerprint density at radius 1 is 1.03 bits per heavy atom. The summed E-state index contributed by atoms with van der Waals surface area (Å²) >= 11 is 5.83. The predicted octanol–water partition coefficient (Wildman–Crippen LogP) is 4.63. The van der Waals surface area contributed by atoms with E-state index >= 15 is 0 Å². The summed E-state index contributed by atoms with van der Waals surface area (Å²) in [6.07, 6.45) is 2.70. The summed E-state index contributed by atoms with van der Waals surface area (Å²) in [5, 5.41) is 11.1. The summed E-state index contributed by atoms with van der Waals surface area (Å²) in [5.41, 5.74) is -0.672. The Balaban J connectivity index is 1.43. The number of nitrogens with one attached hydrogen (secondary N) is 1. The van der Waals surface area contributed by atoms with Gasteiger partial charge < -0.3 is 10.1 Å². The van der Waals surface area contributed by atoms with Crippen LogP contribution in [0.2, 0.25) is 5.02 Å². The lowest BCUT2D eigenvalue weighted by atomic mass is 10.2. The van der Waals surface area contributed by atoms with Crippen molar-refractivity contribution in [1.82, 2.24) is 19.6 Å². The van der Waals surface area contributed by atoms with Crippen LogP contribution >= 0.6 is 11.6 Å². The van der Waals surface area contributed by atoms with Gasteiger partial charge in [-0.3, -0.25) is 9.48 Å². The fourth-order valence-corrected chi connectivity index (χ4v) is 3.04. The van der Waals surface area contributed by atoms with Crippen LogP contribution in [0.4, 0.5) is 23.4 Å². The Bertz CT molecular complexity index is 1280. The molecule has 12 heteroatoms. The Hall–Kier alpha value is -3.86. The van der Waals surface area contributed by atoms with E-state index in [9.17, 15) is 22.4 Å². The second kappa shape index (κ2) is 9.33. The van der Waals surface area contributed by atoms with Crippen molar-refractivity contribution in [3.8, 4) is 5.75 Å². The molecule has 0 aliphatic carbocycles. The van der Waals surface area contributed by atoms with Crippen LogP contribution in [0, 0.1) is 23.3 Å². The van der Waals surface area contributed by atoms with Gasteiger partial charge in [0.25, 0.3) is 5.91 Å². The monoisotopic (exact) mass is 479 g/mol. The van der Waals surface area contributed by atoms with E-state index in [1.807, 2.05) is 0 Å². The van der Waals surface area contributed by atoms with Crippen molar-refractivity contribution < 1.29 is 27.1 Å². The van der Waals surface area contributed by atoms with Gasteiger partial charge in [0.1, 0.15) is 11.4 Å². The molecule has 7 nitrogen and oxygen atoms in total. The van der Waals surface area contributed by atoms with Crippen LogP contribution in [-0.2, 0) is 13.3 Å². The lowest BCUT2D eigenvalue weighted by Gasteiger charge is -2.09. The summed E-state index contributed by atoms with van der Waals surface area (Å²) < 4.78 is 62.4. The number of aromatic nitrogens is 4. The molecular weight excluding hydrogens is 466 g/mol. The van der Waals surface area contributed by atoms with E-state index in [1.165, 1.54) is 29.2 Å². The van der Waals surface area contributed by atoms with Gasteiger partial charge in [-0.05, 0) is 30.3 Å². The van der Waals surface area contributed by atoms with Crippen molar-refractivity contribution in [3.63, 3.8) is 0 Å². The van der Waals surface area contributed by atoms with Gasteiger partial charge in [-0.2, -0.15) is 10.2 Å². The molecule has 170 valence electrons. The Morgan fingerprint density at radius 3 is 2.42 bits per heavy atom. The van der Waals surface area contributed by atoms with Gasteiger partial charge in [0.05, 0.1) is 12.1 Å². The summed E-state index contributed by atoms with van der Waals surface area (Å²) in [4.78, 5) is 12.6. The number of hydrogen-bond donors (Lipinski definition) is 1. The van der Waals surface area contributed by atoms with Crippen LogP contribution in [-0.4, -0.2) is 25.5 Å². The van der Waals surface area contributed by atoms with Crippen molar-refractivity contribution in [2.45, 2.75) is 13.3 Å². The van der Waals surface area contributed by atoms with Gasteiger partial charge in [-0.15, -0.1) is 0 Å². The largest absolute Gasteiger partial charge is 0.471 e. The number of carbonyl (C=O) groups is 1. The highest BCUT2D eigenvalue weighted by Gasteiger charge is 2.20. The number of halogens is 5. The zero-order valence-corrected chi connectivity index (χ0v) is 17.4. The summed E-state index contributed by atoms with van der Waals surface area (Å²) in [6.45, 7) is -0.648. The third-order valence-corrected chi connectivity index (χ3v) is 4.77. The van der Waals surface area contributed by atoms with E-state index in [2.05, 4.69) is 15.5 Å². The maximum Gasteiger partial charge on any atom is 0.275 e. The first-order valence-electron chi connectivity index (χ1n) is 9.38. The minimum Gasteiger partial charge on any atom is -0.471 e. The van der Waals surface area contributed by atoms with E-state index in [4.69, 9.17) is 16.3 Å². The molecule has 0 saturated heterocycles. The highest BCUT2D eigenvalue weighted by Crippen LogP contribution is 2.21. The Morgan fingerprint density at radius 2 is 1.73 bits per heavy atom. The molecule has 2 heterocycles. The summed E-state index contributed by atoms with van der Waals surface area (Å²) in [7, 11) is 0. The van der Waals surface area contributed by atoms with Gasteiger partial charge in [0, 0.05) is 29.5 Å². The molecule has 2 aromatic carbocycles. The first-order chi connectivity index (χ1) is 15.8. The van der Waals surface area contributed by atoms with Crippen molar-refractivity contribution >= 4 is 23.3 Å². The second-order valence-electron chi connectivity index (χ2n) is 6.74. The van der Waals surface area contributed by atoms with Crippen LogP contribution in [0.25, 0.3) is 0 Å². The van der Waals surface area contributed by atoms with E-state index in [0.29, 0.717) is 10.8 Å². The first-order valence-corrected chi connectivity index (χ1v) is 9.76. The first kappa shape index (κ1) is 22.3. The number of benzene rings is 2. The van der Waals surface area contributed by atoms with Crippen LogP contribution in [0.1, 0.15) is 16.1 Å². The van der Waals surface area contributed by atoms with Gasteiger partial charge in [0.2, 0.25) is 0 Å². The minimum absolute atomic E-state index is 0.0454. The minimum atomic E-state index is -1.52. The molecule has 33 heavy (non-hydrogen) atoms. The predicted molar refractivity (Wildman–Crippen MR) is 110 cm³/mol. The van der Waals surface area contributed by atoms with Gasteiger partial charge in [0.15, 0.2) is 35.8 Å². The molecule has 0 atom stereocenters. The van der Waals surface area contributed by atoms with E-state index in [-0.39, 0.29) is 24.3 Å². The highest BCUT2D eigenvalue weighted by atomic mass is 35.5. The zero-order valence-electron chi connectivity index (χ0n) is 16.6. The Labute approximate surface area is 189 Å². The molecule has 0 fully saturated rings. The molecule has 4 aromatic rings. The molecule has 0 bridgehead atoms. The SMILES string of the molecule is O=C(Nc1ccn(Cc2c(F)c(F)cc(F)c2F)n1)c1ccnn1COc1ccc(Cl)cc1. The van der Waals surface area contributed by atoms with Crippen LogP contribution in [0.5, 0.6) is 5.75 Å². The summed E-state index contributed by atoms with van der Waals surface area (Å²) in [6, 6.07) is 9.57. The molecule has 1 amide bonds. The zero-order chi connectivity index (χ0) is 23.5. The van der Waals surface area contributed by atoms with Crippen LogP contribution in [0.3, 0.4) is 0 Å². The molecule has 0 saturated carbocycles. The quantitative estimate of drug-likeness (QED) is 0.310. The third kappa shape index (κ3) is 4.98. The van der Waals surface area contributed by atoms with Crippen molar-refractivity contribution in [3.05, 3.63) is 94.4 Å². The number of ether oxygens (including phenoxy) is 1. The van der Waals surface area contributed by atoms with Gasteiger partial charge in [-0.25, -0.2) is 22.2 Å². The lowest BCUT2D eigenvalue weighted by Crippen LogP contribution is -2.20. The highest BCUT2D eigenvalue weighted by molar-refractivity contribution is 6.30. The fourth-order valence-electron chi connectivity index (χ4n) is 2.92. The Kier molecular flexibility index (Phi) is 6.31. The van der Waals surface area contributed by atoms with Crippen LogP contribution < -0.4 is 10.1 Å². The maximum absolute atomic E-state index is 13.9. The lowest BCUT2D eigenvalue weighted by molar-refractivity contribution is 0.100. The smallest absolute Gasteiger partial charge is 0.275 e. The third-order valence-electron chi connectivity index (χ3n) is 4.52. The number of rotatable bonds is 7.